The number of dihydropyridines is 1. The van der Waals surface area contributed by atoms with Gasteiger partial charge in [0.2, 0.25) is 0 Å². The minimum Gasteiger partial charge on any atom is -0.335 e. The summed E-state index contributed by atoms with van der Waals surface area (Å²) in [7, 11) is 0. The van der Waals surface area contributed by atoms with Crippen LogP contribution in [0.15, 0.2) is 47.1 Å². The predicted octanol–water partition coefficient (Wildman–Crippen LogP) is 1.40. The summed E-state index contributed by atoms with van der Waals surface area (Å²) in [4.78, 5) is 25.9. The van der Waals surface area contributed by atoms with Gasteiger partial charge in [0.05, 0.1) is 10.5 Å². The van der Waals surface area contributed by atoms with Gasteiger partial charge < -0.3 is 5.32 Å². The fraction of sp³-hybridized carbons (Fsp3) is 0. The molecule has 6 nitrogen and oxygen atoms in total. The Hall–Kier alpha value is -2.76. The molecule has 18 heavy (non-hydrogen) atoms. The molecule has 0 saturated heterocycles. The standard InChI is InChI=1S/C12H7N3O3/c16-12-11-8(5-6-10(13-11)14-12)7-3-1-2-4-9(7)15(17)18/h1-6H,(H,13,14,16). The second kappa shape index (κ2) is 3.63. The lowest BCUT2D eigenvalue weighted by atomic mass is 9.99. The highest BCUT2D eigenvalue weighted by Gasteiger charge is 2.28. The van der Waals surface area contributed by atoms with Crippen molar-refractivity contribution in [3.8, 4) is 0 Å². The number of carbonyl (C=O) groups is 1. The van der Waals surface area contributed by atoms with Gasteiger partial charge in [0.1, 0.15) is 11.5 Å². The van der Waals surface area contributed by atoms with Crippen LogP contribution in [0.5, 0.6) is 0 Å². The summed E-state index contributed by atoms with van der Waals surface area (Å²) < 4.78 is 0. The molecule has 2 aliphatic heterocycles. The van der Waals surface area contributed by atoms with Crippen molar-refractivity contribution in [2.75, 3.05) is 0 Å². The van der Waals surface area contributed by atoms with E-state index in [0.29, 0.717) is 22.7 Å². The number of allylic oxidation sites excluding steroid dienone is 2. The lowest BCUT2D eigenvalue weighted by molar-refractivity contribution is -0.385. The first kappa shape index (κ1) is 10.4. The zero-order valence-corrected chi connectivity index (χ0v) is 9.08. The highest BCUT2D eigenvalue weighted by Crippen LogP contribution is 2.31. The number of hydrogen-bond acceptors (Lipinski definition) is 4. The Morgan fingerprint density at radius 3 is 2.78 bits per heavy atom. The number of amides is 1. The van der Waals surface area contributed by atoms with Crippen LogP contribution < -0.4 is 5.32 Å². The molecule has 0 atom stereocenters. The predicted molar refractivity (Wildman–Crippen MR) is 64.7 cm³/mol. The van der Waals surface area contributed by atoms with Crippen LogP contribution in [-0.4, -0.2) is 16.7 Å². The van der Waals surface area contributed by atoms with Crippen LogP contribution in [0.1, 0.15) is 5.56 Å². The van der Waals surface area contributed by atoms with Gasteiger partial charge in [-0.2, -0.15) is 4.99 Å². The maximum Gasteiger partial charge on any atom is 0.296 e. The Bertz CT molecular complexity index is 671. The Labute approximate surface area is 101 Å². The molecule has 0 saturated carbocycles. The maximum absolute atomic E-state index is 11.6. The van der Waals surface area contributed by atoms with Crippen LogP contribution in [0.4, 0.5) is 5.69 Å². The van der Waals surface area contributed by atoms with Gasteiger partial charge >= 0.3 is 0 Å². The van der Waals surface area contributed by atoms with Gasteiger partial charge in [0.15, 0.2) is 0 Å². The normalized spacial score (nSPS) is 16.7. The van der Waals surface area contributed by atoms with Crippen molar-refractivity contribution < 1.29 is 9.72 Å². The minimum atomic E-state index is -0.466. The zero-order chi connectivity index (χ0) is 12.7. The van der Waals surface area contributed by atoms with E-state index in [4.69, 9.17) is 0 Å². The van der Waals surface area contributed by atoms with E-state index < -0.39 is 10.8 Å². The van der Waals surface area contributed by atoms with Crippen molar-refractivity contribution in [3.05, 3.63) is 57.8 Å². The number of nitro benzene ring substituents is 1. The first-order valence-electron chi connectivity index (χ1n) is 5.23. The van der Waals surface area contributed by atoms with Gasteiger partial charge in [-0.1, -0.05) is 12.1 Å². The van der Waals surface area contributed by atoms with E-state index in [-0.39, 0.29) is 5.69 Å². The molecule has 0 aliphatic carbocycles. The first-order valence-corrected chi connectivity index (χ1v) is 5.23. The lowest BCUT2D eigenvalue weighted by Gasteiger charge is -2.11. The average Bonchev–Trinajstić information content (AvgIpc) is 2.65. The van der Waals surface area contributed by atoms with Crippen molar-refractivity contribution in [2.45, 2.75) is 0 Å². The molecule has 0 spiro atoms. The fourth-order valence-corrected chi connectivity index (χ4v) is 1.97. The lowest BCUT2D eigenvalue weighted by Crippen LogP contribution is -2.20. The monoisotopic (exact) mass is 241 g/mol. The smallest absolute Gasteiger partial charge is 0.296 e. The number of aliphatic imine (C=N–C) groups is 1. The molecular weight excluding hydrogens is 234 g/mol. The largest absolute Gasteiger partial charge is 0.335 e. The summed E-state index contributed by atoms with van der Waals surface area (Å²) in [6.07, 6.45) is 3.29. The van der Waals surface area contributed by atoms with Crippen LogP contribution in [0, 0.1) is 10.1 Å². The van der Waals surface area contributed by atoms with Crippen LogP contribution >= 0.6 is 0 Å². The van der Waals surface area contributed by atoms with Crippen LogP contribution in [0.3, 0.4) is 0 Å². The Balaban J connectivity index is 2.21. The summed E-state index contributed by atoms with van der Waals surface area (Å²) >= 11 is 0. The number of benzene rings is 1. The Morgan fingerprint density at radius 1 is 1.22 bits per heavy atom. The van der Waals surface area contributed by atoms with Crippen molar-refractivity contribution in [3.63, 3.8) is 0 Å². The molecule has 6 heteroatoms. The molecule has 0 radical (unpaired) electrons. The van der Waals surface area contributed by atoms with Crippen LogP contribution in [0.2, 0.25) is 0 Å². The van der Waals surface area contributed by atoms with E-state index in [2.05, 4.69) is 10.3 Å². The van der Waals surface area contributed by atoms with E-state index >= 15 is 0 Å². The summed E-state index contributed by atoms with van der Waals surface area (Å²) in [5, 5.41) is 13.8. The van der Waals surface area contributed by atoms with Gasteiger partial charge in [-0.3, -0.25) is 14.9 Å². The number of amidine groups is 1. The highest BCUT2D eigenvalue weighted by molar-refractivity contribution is 6.21. The van der Waals surface area contributed by atoms with Gasteiger partial charge in [0, 0.05) is 11.6 Å². The molecule has 1 aromatic rings. The molecule has 88 valence electrons. The van der Waals surface area contributed by atoms with Crippen molar-refractivity contribution in [2.24, 2.45) is 4.99 Å². The number of nitro groups is 1. The highest BCUT2D eigenvalue weighted by atomic mass is 16.6. The minimum absolute atomic E-state index is 0.0328. The second-order valence-electron chi connectivity index (χ2n) is 3.82. The summed E-state index contributed by atoms with van der Waals surface area (Å²) in [5.41, 5.74) is 1.17. The summed E-state index contributed by atoms with van der Waals surface area (Å²) in [6, 6.07) is 6.31. The topological polar surface area (TPSA) is 84.6 Å². The number of nitrogens with zero attached hydrogens (tertiary/aromatic N) is 2. The van der Waals surface area contributed by atoms with Gasteiger partial charge in [-0.05, 0) is 18.2 Å². The Kier molecular flexibility index (Phi) is 2.09. The van der Waals surface area contributed by atoms with E-state index in [0.717, 1.165) is 0 Å². The van der Waals surface area contributed by atoms with Crippen molar-refractivity contribution >= 4 is 23.0 Å². The van der Waals surface area contributed by atoms with E-state index in [1.165, 1.54) is 6.07 Å². The first-order chi connectivity index (χ1) is 8.66. The molecule has 1 amide bonds. The average molecular weight is 241 g/mol. The van der Waals surface area contributed by atoms with Gasteiger partial charge in [-0.25, -0.2) is 0 Å². The number of rotatable bonds is 2. The van der Waals surface area contributed by atoms with Crippen LogP contribution in [-0.2, 0) is 4.79 Å². The SMILES string of the molecule is O=C1N=C2C=CC(c3ccccc3[N+](=O)[O-])=C1N2. The third kappa shape index (κ3) is 1.43. The zero-order valence-electron chi connectivity index (χ0n) is 9.08. The molecule has 2 aliphatic rings. The molecule has 1 N–H and O–H groups in total. The molecule has 1 aromatic carbocycles. The molecule has 0 fully saturated rings. The summed E-state index contributed by atoms with van der Waals surface area (Å²) in [5.74, 6) is 0.0699. The second-order valence-corrected chi connectivity index (χ2v) is 3.82. The molecule has 0 aromatic heterocycles. The van der Waals surface area contributed by atoms with Crippen LogP contribution in [0.25, 0.3) is 5.57 Å². The maximum atomic E-state index is 11.6. The summed E-state index contributed by atoms with van der Waals surface area (Å²) in [6.45, 7) is 0. The third-order valence-corrected chi connectivity index (χ3v) is 2.76. The molecular formula is C12H7N3O3. The van der Waals surface area contributed by atoms with Gasteiger partial charge in [-0.15, -0.1) is 0 Å². The molecule has 3 rings (SSSR count). The quantitative estimate of drug-likeness (QED) is 0.626. The van der Waals surface area contributed by atoms with E-state index in [1.54, 1.807) is 30.4 Å². The number of hydrogen-bond donors (Lipinski definition) is 1. The molecule has 2 bridgehead atoms. The van der Waals surface area contributed by atoms with Gasteiger partial charge in [0.25, 0.3) is 11.6 Å². The fourth-order valence-electron chi connectivity index (χ4n) is 1.97. The number of carbonyl (C=O) groups excluding carboxylic acids is 1. The molecule has 0 unspecified atom stereocenters. The van der Waals surface area contributed by atoms with Crippen molar-refractivity contribution in [1.82, 2.24) is 5.32 Å². The Morgan fingerprint density at radius 2 is 2.00 bits per heavy atom. The number of nitrogens with one attached hydrogen (secondary N) is 1. The van der Waals surface area contributed by atoms with E-state index in [9.17, 15) is 14.9 Å². The number of para-hydroxylation sites is 1. The van der Waals surface area contributed by atoms with E-state index in [1.807, 2.05) is 0 Å². The molecule has 2 heterocycles. The third-order valence-electron chi connectivity index (χ3n) is 2.76. The van der Waals surface area contributed by atoms with Crippen molar-refractivity contribution in [1.29, 1.82) is 0 Å². The number of fused-ring (bicyclic) bond motifs is 2.